The molecular formula is C29H45N3O4S. The standard InChI is InChI=1S/C29H45N3O4S/c1-10-12-13-19-32(26(34)23(18-20-37-9)30-27(35)36-29(6,7)8)24(25(33)31-28(3,4)5)22-16-14-21(11-2)15-17-22/h2,14-17,23-24H,10,12-13,18-20H2,1,3-9H3,(H,30,35)(H,31,33). The Bertz CT molecular complexity index is 926. The number of hydrogen-bond donors (Lipinski definition) is 2. The van der Waals surface area contributed by atoms with Crippen LogP contribution in [0.1, 0.15) is 91.3 Å². The Morgan fingerprint density at radius 2 is 1.70 bits per heavy atom. The van der Waals surface area contributed by atoms with E-state index in [1.54, 1.807) is 61.7 Å². The molecule has 0 saturated carbocycles. The van der Waals surface area contributed by atoms with Gasteiger partial charge in [-0.15, -0.1) is 6.42 Å². The van der Waals surface area contributed by atoms with Gasteiger partial charge in [-0.3, -0.25) is 9.59 Å². The van der Waals surface area contributed by atoms with Crippen molar-refractivity contribution in [2.75, 3.05) is 18.6 Å². The van der Waals surface area contributed by atoms with Gasteiger partial charge in [-0.05, 0) is 84.1 Å². The minimum atomic E-state index is -0.882. The van der Waals surface area contributed by atoms with Gasteiger partial charge in [0.05, 0.1) is 0 Å². The van der Waals surface area contributed by atoms with Crippen LogP contribution in [0.3, 0.4) is 0 Å². The van der Waals surface area contributed by atoms with Gasteiger partial charge in [0.25, 0.3) is 0 Å². The summed E-state index contributed by atoms with van der Waals surface area (Å²) in [6, 6.07) is 5.41. The van der Waals surface area contributed by atoms with Crippen LogP contribution in [0.2, 0.25) is 0 Å². The van der Waals surface area contributed by atoms with E-state index in [0.29, 0.717) is 29.8 Å². The van der Waals surface area contributed by atoms with Crippen LogP contribution in [-0.2, 0) is 14.3 Å². The van der Waals surface area contributed by atoms with E-state index in [4.69, 9.17) is 11.2 Å². The van der Waals surface area contributed by atoms with Crippen molar-refractivity contribution >= 4 is 29.7 Å². The van der Waals surface area contributed by atoms with Gasteiger partial charge in [-0.25, -0.2) is 4.79 Å². The van der Waals surface area contributed by atoms with Crippen LogP contribution in [-0.4, -0.2) is 58.5 Å². The van der Waals surface area contributed by atoms with E-state index in [1.165, 1.54) is 0 Å². The first-order valence-corrected chi connectivity index (χ1v) is 14.3. The number of carbonyl (C=O) groups excluding carboxylic acids is 3. The van der Waals surface area contributed by atoms with Gasteiger partial charge in [0.1, 0.15) is 17.7 Å². The van der Waals surface area contributed by atoms with Crippen molar-refractivity contribution in [2.45, 2.75) is 97.4 Å². The highest BCUT2D eigenvalue weighted by molar-refractivity contribution is 7.98. The van der Waals surface area contributed by atoms with Crippen molar-refractivity contribution in [2.24, 2.45) is 0 Å². The van der Waals surface area contributed by atoms with Gasteiger partial charge in [0.15, 0.2) is 0 Å². The first kappa shape index (κ1) is 32.4. The molecule has 1 aromatic rings. The SMILES string of the molecule is C#Cc1ccc(C(C(=O)NC(C)(C)C)N(CCCCC)C(=O)C(CCSC)NC(=O)OC(C)(C)C)cc1. The maximum absolute atomic E-state index is 14.1. The quantitative estimate of drug-likeness (QED) is 0.283. The molecule has 37 heavy (non-hydrogen) atoms. The summed E-state index contributed by atoms with van der Waals surface area (Å²) in [5.74, 6) is 2.65. The van der Waals surface area contributed by atoms with Gasteiger partial charge in [0, 0.05) is 17.6 Å². The maximum Gasteiger partial charge on any atom is 0.408 e. The molecule has 0 saturated heterocycles. The first-order valence-electron chi connectivity index (χ1n) is 12.9. The number of nitrogens with zero attached hydrogens (tertiary/aromatic N) is 1. The van der Waals surface area contributed by atoms with Gasteiger partial charge < -0.3 is 20.3 Å². The van der Waals surface area contributed by atoms with Crippen molar-refractivity contribution in [3.05, 3.63) is 35.4 Å². The Kier molecular flexibility index (Phi) is 13.1. The molecule has 8 heteroatoms. The third kappa shape index (κ3) is 12.0. The molecule has 0 aromatic heterocycles. The van der Waals surface area contributed by atoms with Crippen LogP contribution in [0.25, 0.3) is 0 Å². The molecule has 0 bridgehead atoms. The minimum Gasteiger partial charge on any atom is -0.444 e. The van der Waals surface area contributed by atoms with Crippen LogP contribution in [0, 0.1) is 12.3 Å². The first-order chi connectivity index (χ1) is 17.2. The molecule has 2 atom stereocenters. The molecular weight excluding hydrogens is 486 g/mol. The number of alkyl carbamates (subject to hydrolysis) is 1. The second-order valence-electron chi connectivity index (χ2n) is 11.1. The fourth-order valence-electron chi connectivity index (χ4n) is 3.71. The highest BCUT2D eigenvalue weighted by Crippen LogP contribution is 2.25. The fourth-order valence-corrected chi connectivity index (χ4v) is 4.19. The van der Waals surface area contributed by atoms with Crippen LogP contribution < -0.4 is 10.6 Å². The van der Waals surface area contributed by atoms with Crippen molar-refractivity contribution in [3.8, 4) is 12.3 Å². The molecule has 7 nitrogen and oxygen atoms in total. The second-order valence-corrected chi connectivity index (χ2v) is 12.1. The second kappa shape index (κ2) is 14.9. The Morgan fingerprint density at radius 3 is 2.19 bits per heavy atom. The molecule has 1 rings (SSSR count). The Balaban J connectivity index is 3.51. The van der Waals surface area contributed by atoms with Crippen molar-refractivity contribution in [1.29, 1.82) is 0 Å². The number of rotatable bonds is 12. The van der Waals surface area contributed by atoms with Crippen molar-refractivity contribution in [3.63, 3.8) is 0 Å². The summed E-state index contributed by atoms with van der Waals surface area (Å²) in [7, 11) is 0. The van der Waals surface area contributed by atoms with E-state index in [0.717, 1.165) is 19.3 Å². The number of terminal acetylenes is 1. The lowest BCUT2D eigenvalue weighted by Gasteiger charge is -2.36. The van der Waals surface area contributed by atoms with E-state index in [2.05, 4.69) is 23.5 Å². The Morgan fingerprint density at radius 1 is 1.08 bits per heavy atom. The molecule has 3 amide bonds. The molecule has 2 unspecified atom stereocenters. The smallest absolute Gasteiger partial charge is 0.408 e. The largest absolute Gasteiger partial charge is 0.444 e. The van der Waals surface area contributed by atoms with Crippen LogP contribution >= 0.6 is 11.8 Å². The van der Waals surface area contributed by atoms with Crippen LogP contribution in [0.4, 0.5) is 4.79 Å². The Labute approximate surface area is 227 Å². The number of ether oxygens (including phenoxy) is 1. The van der Waals surface area contributed by atoms with E-state index in [1.807, 2.05) is 27.0 Å². The molecule has 0 aliphatic heterocycles. The highest BCUT2D eigenvalue weighted by atomic mass is 32.2. The predicted octanol–water partition coefficient (Wildman–Crippen LogP) is 5.29. The summed E-state index contributed by atoms with van der Waals surface area (Å²) in [5, 5.41) is 5.80. The molecule has 0 aliphatic carbocycles. The van der Waals surface area contributed by atoms with Crippen molar-refractivity contribution in [1.82, 2.24) is 15.5 Å². The molecule has 206 valence electrons. The van der Waals surface area contributed by atoms with Gasteiger partial charge in [-0.2, -0.15) is 11.8 Å². The van der Waals surface area contributed by atoms with Crippen molar-refractivity contribution < 1.29 is 19.1 Å². The highest BCUT2D eigenvalue weighted by Gasteiger charge is 2.37. The number of unbranched alkanes of at least 4 members (excludes halogenated alkanes) is 2. The average Bonchev–Trinajstić information content (AvgIpc) is 2.78. The molecule has 0 heterocycles. The molecule has 0 radical (unpaired) electrons. The topological polar surface area (TPSA) is 87.7 Å². The number of amides is 3. The maximum atomic E-state index is 14.1. The molecule has 0 spiro atoms. The van der Waals surface area contributed by atoms with Crippen LogP contribution in [0.15, 0.2) is 24.3 Å². The Hall–Kier alpha value is -2.66. The summed E-state index contributed by atoms with van der Waals surface area (Å²) >= 11 is 1.58. The summed E-state index contributed by atoms with van der Waals surface area (Å²) in [6.07, 6.45) is 9.83. The number of thioether (sulfide) groups is 1. The van der Waals surface area contributed by atoms with Crippen LogP contribution in [0.5, 0.6) is 0 Å². The van der Waals surface area contributed by atoms with Gasteiger partial charge in [-0.1, -0.05) is 37.8 Å². The van der Waals surface area contributed by atoms with E-state index >= 15 is 0 Å². The van der Waals surface area contributed by atoms with E-state index < -0.39 is 29.3 Å². The third-order valence-corrected chi connectivity index (χ3v) is 5.98. The molecule has 0 fully saturated rings. The number of carbonyl (C=O) groups is 3. The summed E-state index contributed by atoms with van der Waals surface area (Å²) in [6.45, 7) is 13.5. The number of benzene rings is 1. The molecule has 0 aliphatic rings. The molecule has 2 N–H and O–H groups in total. The van der Waals surface area contributed by atoms with E-state index in [-0.39, 0.29) is 11.8 Å². The minimum absolute atomic E-state index is 0.285. The summed E-state index contributed by atoms with van der Waals surface area (Å²) < 4.78 is 5.43. The number of hydrogen-bond acceptors (Lipinski definition) is 5. The normalized spacial score (nSPS) is 13.2. The lowest BCUT2D eigenvalue weighted by molar-refractivity contribution is -0.143. The zero-order chi connectivity index (χ0) is 28.2. The zero-order valence-corrected chi connectivity index (χ0v) is 24.6. The van der Waals surface area contributed by atoms with E-state index in [9.17, 15) is 14.4 Å². The average molecular weight is 532 g/mol. The fraction of sp³-hybridized carbons (Fsp3) is 0.621. The summed E-state index contributed by atoms with van der Waals surface area (Å²) in [5.41, 5.74) is 0.143. The summed E-state index contributed by atoms with van der Waals surface area (Å²) in [4.78, 5) is 42.0. The third-order valence-electron chi connectivity index (χ3n) is 5.34. The van der Waals surface area contributed by atoms with Gasteiger partial charge in [0.2, 0.25) is 11.8 Å². The zero-order valence-electron chi connectivity index (χ0n) is 23.8. The van der Waals surface area contributed by atoms with Gasteiger partial charge >= 0.3 is 6.09 Å². The lowest BCUT2D eigenvalue weighted by Crippen LogP contribution is -2.55. The molecule has 1 aromatic carbocycles. The lowest BCUT2D eigenvalue weighted by atomic mass is 9.99. The monoisotopic (exact) mass is 531 g/mol. The number of nitrogens with one attached hydrogen (secondary N) is 2. The predicted molar refractivity (Wildman–Crippen MR) is 152 cm³/mol.